The quantitative estimate of drug-likeness (QED) is 0.241. The van der Waals surface area contributed by atoms with Crippen molar-refractivity contribution in [1.29, 1.82) is 0 Å². The van der Waals surface area contributed by atoms with E-state index in [9.17, 15) is 10.2 Å². The van der Waals surface area contributed by atoms with E-state index < -0.39 is 23.5 Å². The average molecular weight is 255 g/mol. The molecule has 0 aromatic heterocycles. The van der Waals surface area contributed by atoms with E-state index in [2.05, 4.69) is 15.3 Å². The first-order chi connectivity index (χ1) is 8.30. The minimum Gasteiger partial charge on any atom is -0.370 e. The minimum absolute atomic E-state index is 0.128. The lowest BCUT2D eigenvalue weighted by molar-refractivity contribution is -0.227. The van der Waals surface area contributed by atoms with Crippen molar-refractivity contribution < 1.29 is 10.2 Å². The summed E-state index contributed by atoms with van der Waals surface area (Å²) in [7, 11) is 0. The van der Waals surface area contributed by atoms with E-state index >= 15 is 0 Å². The van der Waals surface area contributed by atoms with Crippen LogP contribution in [-0.2, 0) is 0 Å². The van der Waals surface area contributed by atoms with Gasteiger partial charge in [-0.15, -0.1) is 0 Å². The Labute approximate surface area is 103 Å². The maximum Gasteiger partial charge on any atom is 0.226 e. The average Bonchev–Trinajstić information content (AvgIpc) is 2.71. The molecule has 0 unspecified atom stereocenters. The molecule has 18 heavy (non-hydrogen) atoms. The Morgan fingerprint density at radius 2 is 2.06 bits per heavy atom. The standard InChI is InChI=1S/C9H17N7O2/c1-3-5-8(15-6(11)14-5)9(17,18)4(10)2-16(8)7(12)13-3/h3-5,17-18H,2,10H2,1H3,(H2,12,13)(H3,11,14,15)/t3-,4-,5-,8-/m0/s1. The van der Waals surface area contributed by atoms with Gasteiger partial charge in [-0.3, -0.25) is 0 Å². The van der Waals surface area contributed by atoms with Gasteiger partial charge in [0.05, 0.1) is 12.1 Å². The molecule has 1 spiro atoms. The van der Waals surface area contributed by atoms with E-state index in [1.807, 2.05) is 0 Å². The largest absolute Gasteiger partial charge is 0.370 e. The Balaban J connectivity index is 2.18. The van der Waals surface area contributed by atoms with E-state index in [4.69, 9.17) is 17.2 Å². The van der Waals surface area contributed by atoms with Crippen LogP contribution in [0.15, 0.2) is 9.98 Å². The van der Waals surface area contributed by atoms with Gasteiger partial charge in [-0.1, -0.05) is 0 Å². The summed E-state index contributed by atoms with van der Waals surface area (Å²) in [6.07, 6.45) is 0. The van der Waals surface area contributed by atoms with Crippen molar-refractivity contribution in [3.63, 3.8) is 0 Å². The van der Waals surface area contributed by atoms with Crippen LogP contribution >= 0.6 is 0 Å². The third-order valence-electron chi connectivity index (χ3n) is 3.98. The number of nitrogens with two attached hydrogens (primary N) is 3. The Kier molecular flexibility index (Phi) is 1.95. The van der Waals surface area contributed by atoms with Gasteiger partial charge in [0.1, 0.15) is 6.04 Å². The summed E-state index contributed by atoms with van der Waals surface area (Å²) in [5.74, 6) is -1.86. The maximum atomic E-state index is 10.4. The monoisotopic (exact) mass is 255 g/mol. The summed E-state index contributed by atoms with van der Waals surface area (Å²) in [6, 6.07) is -1.76. The third-order valence-corrected chi connectivity index (χ3v) is 3.98. The van der Waals surface area contributed by atoms with Crippen LogP contribution in [-0.4, -0.2) is 63.2 Å². The molecular formula is C9H17N7O2. The molecule has 0 aromatic rings. The van der Waals surface area contributed by atoms with E-state index in [1.54, 1.807) is 6.92 Å². The Morgan fingerprint density at radius 1 is 1.39 bits per heavy atom. The maximum absolute atomic E-state index is 10.4. The zero-order chi connectivity index (χ0) is 13.3. The van der Waals surface area contributed by atoms with Crippen LogP contribution < -0.4 is 22.5 Å². The lowest BCUT2D eigenvalue weighted by Crippen LogP contribution is -2.77. The van der Waals surface area contributed by atoms with Gasteiger partial charge in [0.25, 0.3) is 0 Å². The van der Waals surface area contributed by atoms with Crippen molar-refractivity contribution in [1.82, 2.24) is 10.2 Å². The number of nitrogens with one attached hydrogen (secondary N) is 1. The fourth-order valence-corrected chi connectivity index (χ4v) is 3.11. The number of rotatable bonds is 0. The van der Waals surface area contributed by atoms with Gasteiger partial charge in [0.15, 0.2) is 17.6 Å². The van der Waals surface area contributed by atoms with Crippen molar-refractivity contribution in [3.05, 3.63) is 0 Å². The fourth-order valence-electron chi connectivity index (χ4n) is 3.11. The molecule has 4 atom stereocenters. The van der Waals surface area contributed by atoms with E-state index in [0.717, 1.165) is 0 Å². The summed E-state index contributed by atoms with van der Waals surface area (Å²) < 4.78 is 0. The van der Waals surface area contributed by atoms with Crippen molar-refractivity contribution in [2.24, 2.45) is 27.2 Å². The van der Waals surface area contributed by atoms with Crippen molar-refractivity contribution in [2.45, 2.75) is 36.5 Å². The normalized spacial score (nSPS) is 44.9. The van der Waals surface area contributed by atoms with Crippen LogP contribution in [0, 0.1) is 0 Å². The van der Waals surface area contributed by atoms with Crippen molar-refractivity contribution in [2.75, 3.05) is 6.54 Å². The molecule has 3 aliphatic heterocycles. The highest BCUT2D eigenvalue weighted by Gasteiger charge is 2.71. The highest BCUT2D eigenvalue weighted by Crippen LogP contribution is 2.43. The van der Waals surface area contributed by atoms with Crippen LogP contribution in [0.5, 0.6) is 0 Å². The zero-order valence-electron chi connectivity index (χ0n) is 9.91. The molecule has 0 aliphatic carbocycles. The summed E-state index contributed by atoms with van der Waals surface area (Å²) in [4.78, 5) is 9.96. The number of guanidine groups is 2. The van der Waals surface area contributed by atoms with Crippen molar-refractivity contribution >= 4 is 11.9 Å². The summed E-state index contributed by atoms with van der Waals surface area (Å²) in [6.45, 7) is 1.96. The molecule has 9 nitrogen and oxygen atoms in total. The Hall–Kier alpha value is -1.58. The van der Waals surface area contributed by atoms with Crippen molar-refractivity contribution in [3.8, 4) is 0 Å². The Morgan fingerprint density at radius 3 is 2.72 bits per heavy atom. The minimum atomic E-state index is -2.20. The first-order valence-electron chi connectivity index (χ1n) is 5.73. The van der Waals surface area contributed by atoms with Gasteiger partial charge in [-0.25, -0.2) is 9.98 Å². The van der Waals surface area contributed by atoms with Gasteiger partial charge in [0.2, 0.25) is 5.79 Å². The fraction of sp³-hybridized carbons (Fsp3) is 0.778. The molecule has 0 aromatic carbocycles. The molecule has 3 aliphatic rings. The molecule has 3 rings (SSSR count). The molecular weight excluding hydrogens is 238 g/mol. The number of aliphatic imine (C=N–C) groups is 2. The van der Waals surface area contributed by atoms with E-state index in [1.165, 1.54) is 4.90 Å². The van der Waals surface area contributed by atoms with Crippen LogP contribution in [0.4, 0.5) is 0 Å². The van der Waals surface area contributed by atoms with E-state index in [-0.39, 0.29) is 24.5 Å². The second-order valence-corrected chi connectivity index (χ2v) is 5.02. The first kappa shape index (κ1) is 11.5. The Bertz CT molecular complexity index is 462. The SMILES string of the molecule is C[C@@H]1N=C(N)N2C[C@H](N)C(O)(O)[C@@]23NC(N)=N[C@@H]13. The third kappa shape index (κ3) is 1.02. The topological polar surface area (TPSA) is 159 Å². The van der Waals surface area contributed by atoms with E-state index in [0.29, 0.717) is 0 Å². The summed E-state index contributed by atoms with van der Waals surface area (Å²) in [5, 5.41) is 23.5. The molecule has 0 bridgehead atoms. The number of nitrogens with zero attached hydrogens (tertiary/aromatic N) is 3. The lowest BCUT2D eigenvalue weighted by Gasteiger charge is -2.48. The van der Waals surface area contributed by atoms with Crippen LogP contribution in [0.3, 0.4) is 0 Å². The second kappa shape index (κ2) is 3.05. The lowest BCUT2D eigenvalue weighted by atomic mass is 9.86. The van der Waals surface area contributed by atoms with Gasteiger partial charge in [-0.05, 0) is 6.92 Å². The molecule has 3 heterocycles. The highest BCUT2D eigenvalue weighted by atomic mass is 16.5. The molecule has 0 radical (unpaired) electrons. The van der Waals surface area contributed by atoms with Gasteiger partial charge >= 0.3 is 0 Å². The van der Waals surface area contributed by atoms with Gasteiger partial charge < -0.3 is 37.6 Å². The number of hydrogen-bond acceptors (Lipinski definition) is 9. The summed E-state index contributed by atoms with van der Waals surface area (Å²) >= 11 is 0. The molecule has 0 amide bonds. The van der Waals surface area contributed by atoms with Gasteiger partial charge in [-0.2, -0.15) is 0 Å². The van der Waals surface area contributed by atoms with Gasteiger partial charge in [0, 0.05) is 6.54 Å². The number of aliphatic hydroxyl groups is 2. The molecule has 1 fully saturated rings. The number of hydrogen-bond donors (Lipinski definition) is 6. The molecule has 9 heteroatoms. The molecule has 1 saturated heterocycles. The molecule has 9 N–H and O–H groups in total. The molecule has 100 valence electrons. The zero-order valence-corrected chi connectivity index (χ0v) is 9.91. The predicted octanol–water partition coefficient (Wildman–Crippen LogP) is -3.99. The molecule has 0 saturated carbocycles. The summed E-state index contributed by atoms with van der Waals surface area (Å²) in [5.41, 5.74) is 16.0. The highest BCUT2D eigenvalue weighted by molar-refractivity contribution is 5.87. The smallest absolute Gasteiger partial charge is 0.226 e. The van der Waals surface area contributed by atoms with Crippen LogP contribution in [0.2, 0.25) is 0 Å². The second-order valence-electron chi connectivity index (χ2n) is 5.02. The predicted molar refractivity (Wildman–Crippen MR) is 64.2 cm³/mol. The first-order valence-corrected chi connectivity index (χ1v) is 5.73. The van der Waals surface area contributed by atoms with Crippen LogP contribution in [0.25, 0.3) is 0 Å². The van der Waals surface area contributed by atoms with Crippen LogP contribution in [0.1, 0.15) is 6.92 Å².